The van der Waals surface area contributed by atoms with Gasteiger partial charge in [-0.3, -0.25) is 0 Å². The van der Waals surface area contributed by atoms with Gasteiger partial charge in [0, 0.05) is 16.7 Å². The van der Waals surface area contributed by atoms with Gasteiger partial charge < -0.3 is 15.6 Å². The molecule has 0 atom stereocenters. The number of phenols is 1. The van der Waals surface area contributed by atoms with Crippen molar-refractivity contribution >= 4 is 0 Å². The molecule has 1 saturated carbocycles. The molecule has 0 saturated heterocycles. The molecule has 3 nitrogen and oxygen atoms in total. The first-order valence-electron chi connectivity index (χ1n) is 5.74. The molecule has 1 aliphatic rings. The van der Waals surface area contributed by atoms with Crippen LogP contribution < -0.4 is 10.5 Å². The highest BCUT2D eigenvalue weighted by Crippen LogP contribution is 2.43. The summed E-state index contributed by atoms with van der Waals surface area (Å²) >= 11 is 0. The second kappa shape index (κ2) is 3.98. The van der Waals surface area contributed by atoms with E-state index in [1.807, 2.05) is 19.1 Å². The third kappa shape index (κ3) is 1.65. The van der Waals surface area contributed by atoms with Gasteiger partial charge in [-0.05, 0) is 31.9 Å². The third-order valence-electron chi connectivity index (χ3n) is 3.63. The van der Waals surface area contributed by atoms with E-state index in [-0.39, 0.29) is 5.54 Å². The second-order valence-corrected chi connectivity index (χ2v) is 4.65. The minimum absolute atomic E-state index is 0.295. The molecule has 3 heteroatoms. The van der Waals surface area contributed by atoms with E-state index in [9.17, 15) is 5.11 Å². The summed E-state index contributed by atoms with van der Waals surface area (Å²) in [5, 5.41) is 10.2. The summed E-state index contributed by atoms with van der Waals surface area (Å²) in [5.41, 5.74) is 7.63. The van der Waals surface area contributed by atoms with Gasteiger partial charge in [-0.2, -0.15) is 0 Å². The minimum Gasteiger partial charge on any atom is -0.507 e. The fourth-order valence-electron chi connectivity index (χ4n) is 2.58. The normalized spacial score (nSPS) is 18.7. The van der Waals surface area contributed by atoms with Crippen molar-refractivity contribution < 1.29 is 9.84 Å². The number of methoxy groups -OCH3 is 1. The highest BCUT2D eigenvalue weighted by molar-refractivity contribution is 5.51. The van der Waals surface area contributed by atoms with Crippen LogP contribution in [0.15, 0.2) is 12.1 Å². The van der Waals surface area contributed by atoms with E-state index in [4.69, 9.17) is 10.5 Å². The van der Waals surface area contributed by atoms with E-state index in [0.717, 1.165) is 36.8 Å². The topological polar surface area (TPSA) is 55.5 Å². The Bertz CT molecular complexity index is 395. The Kier molecular flexibility index (Phi) is 2.80. The van der Waals surface area contributed by atoms with Crippen LogP contribution in [0.4, 0.5) is 0 Å². The third-order valence-corrected chi connectivity index (χ3v) is 3.63. The molecule has 0 radical (unpaired) electrons. The number of nitrogens with two attached hydrogens (primary N) is 1. The Balaban J connectivity index is 2.46. The molecule has 16 heavy (non-hydrogen) atoms. The predicted octanol–water partition coefficient (Wildman–Crippen LogP) is 2.44. The predicted molar refractivity (Wildman–Crippen MR) is 63.7 cm³/mol. The zero-order valence-electron chi connectivity index (χ0n) is 9.92. The largest absolute Gasteiger partial charge is 0.507 e. The Labute approximate surface area is 96.2 Å². The van der Waals surface area contributed by atoms with E-state index in [1.165, 1.54) is 0 Å². The number of aromatic hydroxyl groups is 1. The molecule has 0 aromatic heterocycles. The number of hydrogen-bond donors (Lipinski definition) is 2. The van der Waals surface area contributed by atoms with Crippen molar-refractivity contribution in [1.29, 1.82) is 0 Å². The summed E-state index contributed by atoms with van der Waals surface area (Å²) in [5.74, 6) is 1.01. The van der Waals surface area contributed by atoms with Crippen molar-refractivity contribution in [1.82, 2.24) is 0 Å². The molecule has 2 rings (SSSR count). The fourth-order valence-corrected chi connectivity index (χ4v) is 2.58. The molecule has 1 aromatic rings. The fraction of sp³-hybridized carbons (Fsp3) is 0.538. The quantitative estimate of drug-likeness (QED) is 0.806. The summed E-state index contributed by atoms with van der Waals surface area (Å²) in [7, 11) is 1.61. The first-order chi connectivity index (χ1) is 7.58. The summed E-state index contributed by atoms with van der Waals surface area (Å²) < 4.78 is 5.18. The Morgan fingerprint density at radius 1 is 1.31 bits per heavy atom. The number of rotatable bonds is 2. The summed E-state index contributed by atoms with van der Waals surface area (Å²) in [6, 6.07) is 3.78. The Morgan fingerprint density at radius 2 is 1.94 bits per heavy atom. The van der Waals surface area contributed by atoms with Crippen molar-refractivity contribution in [3.8, 4) is 11.5 Å². The number of hydrogen-bond acceptors (Lipinski definition) is 3. The van der Waals surface area contributed by atoms with Crippen molar-refractivity contribution in [2.75, 3.05) is 7.11 Å². The Hall–Kier alpha value is -1.22. The van der Waals surface area contributed by atoms with Gasteiger partial charge >= 0.3 is 0 Å². The smallest absolute Gasteiger partial charge is 0.127 e. The standard InChI is InChI=1S/C13H19NO2/c1-9-11(16-2)6-5-10(12(9)15)13(14)7-3-4-8-13/h5-6,15H,3-4,7-8,14H2,1-2H3. The van der Waals surface area contributed by atoms with Crippen LogP contribution in [0.3, 0.4) is 0 Å². The van der Waals surface area contributed by atoms with Crippen molar-refractivity contribution in [2.24, 2.45) is 5.73 Å². The van der Waals surface area contributed by atoms with Gasteiger partial charge in [0.2, 0.25) is 0 Å². The van der Waals surface area contributed by atoms with Gasteiger partial charge in [0.25, 0.3) is 0 Å². The van der Waals surface area contributed by atoms with Crippen LogP contribution in [-0.2, 0) is 5.54 Å². The van der Waals surface area contributed by atoms with Crippen LogP contribution in [0.2, 0.25) is 0 Å². The molecule has 1 fully saturated rings. The van der Waals surface area contributed by atoms with Crippen LogP contribution in [0.5, 0.6) is 11.5 Å². The maximum Gasteiger partial charge on any atom is 0.127 e. The van der Waals surface area contributed by atoms with Crippen molar-refractivity contribution in [3.05, 3.63) is 23.3 Å². The number of phenolic OH excluding ortho intramolecular Hbond substituents is 1. The monoisotopic (exact) mass is 221 g/mol. The maximum absolute atomic E-state index is 10.2. The molecular formula is C13H19NO2. The molecule has 0 heterocycles. The van der Waals surface area contributed by atoms with Crippen LogP contribution in [0, 0.1) is 6.92 Å². The molecule has 0 unspecified atom stereocenters. The van der Waals surface area contributed by atoms with Crippen molar-refractivity contribution in [2.45, 2.75) is 38.1 Å². The summed E-state index contributed by atoms with van der Waals surface area (Å²) in [6.45, 7) is 1.86. The minimum atomic E-state index is -0.346. The first kappa shape index (κ1) is 11.3. The van der Waals surface area contributed by atoms with Crippen LogP contribution >= 0.6 is 0 Å². The second-order valence-electron chi connectivity index (χ2n) is 4.65. The molecule has 1 aliphatic carbocycles. The maximum atomic E-state index is 10.2. The van der Waals surface area contributed by atoms with E-state index in [2.05, 4.69) is 0 Å². The van der Waals surface area contributed by atoms with Gasteiger partial charge in [0.1, 0.15) is 11.5 Å². The van der Waals surface area contributed by atoms with Gasteiger partial charge in [0.05, 0.1) is 7.11 Å². The SMILES string of the molecule is COc1ccc(C2(N)CCCC2)c(O)c1C. The molecular weight excluding hydrogens is 202 g/mol. The number of benzene rings is 1. The first-order valence-corrected chi connectivity index (χ1v) is 5.74. The summed E-state index contributed by atoms with van der Waals surface area (Å²) in [6.07, 6.45) is 4.18. The highest BCUT2D eigenvalue weighted by atomic mass is 16.5. The van der Waals surface area contributed by atoms with E-state index in [1.54, 1.807) is 7.11 Å². The Morgan fingerprint density at radius 3 is 2.50 bits per heavy atom. The molecule has 88 valence electrons. The van der Waals surface area contributed by atoms with Gasteiger partial charge in [-0.25, -0.2) is 0 Å². The number of ether oxygens (including phenoxy) is 1. The summed E-state index contributed by atoms with van der Waals surface area (Å²) in [4.78, 5) is 0. The van der Waals surface area contributed by atoms with Crippen molar-refractivity contribution in [3.63, 3.8) is 0 Å². The van der Waals surface area contributed by atoms with Gasteiger partial charge in [-0.15, -0.1) is 0 Å². The lowest BCUT2D eigenvalue weighted by atomic mass is 9.87. The van der Waals surface area contributed by atoms with Crippen LogP contribution in [-0.4, -0.2) is 12.2 Å². The molecule has 0 bridgehead atoms. The van der Waals surface area contributed by atoms with E-state index >= 15 is 0 Å². The molecule has 3 N–H and O–H groups in total. The molecule has 0 aliphatic heterocycles. The lowest BCUT2D eigenvalue weighted by molar-refractivity contribution is 0.386. The molecule has 0 amide bonds. The lowest BCUT2D eigenvalue weighted by Crippen LogP contribution is -2.33. The lowest BCUT2D eigenvalue weighted by Gasteiger charge is -2.26. The highest BCUT2D eigenvalue weighted by Gasteiger charge is 2.34. The molecule has 0 spiro atoms. The average molecular weight is 221 g/mol. The zero-order chi connectivity index (χ0) is 11.8. The van der Waals surface area contributed by atoms with Crippen LogP contribution in [0.25, 0.3) is 0 Å². The van der Waals surface area contributed by atoms with Crippen LogP contribution in [0.1, 0.15) is 36.8 Å². The van der Waals surface area contributed by atoms with Gasteiger partial charge in [-0.1, -0.05) is 12.8 Å². The van der Waals surface area contributed by atoms with E-state index < -0.39 is 0 Å². The average Bonchev–Trinajstić information content (AvgIpc) is 2.70. The molecule has 1 aromatic carbocycles. The van der Waals surface area contributed by atoms with Gasteiger partial charge in [0.15, 0.2) is 0 Å². The van der Waals surface area contributed by atoms with E-state index in [0.29, 0.717) is 11.5 Å². The zero-order valence-corrected chi connectivity index (χ0v) is 9.92.